The zero-order valence-corrected chi connectivity index (χ0v) is 18.4. The summed E-state index contributed by atoms with van der Waals surface area (Å²) in [5.41, 5.74) is 4.23. The molecule has 4 rings (SSSR count). The van der Waals surface area contributed by atoms with Gasteiger partial charge >= 0.3 is 0 Å². The van der Waals surface area contributed by atoms with E-state index in [0.29, 0.717) is 22.2 Å². The van der Waals surface area contributed by atoms with Crippen LogP contribution >= 0.6 is 23.2 Å². The summed E-state index contributed by atoms with van der Waals surface area (Å²) in [4.78, 5) is 2.03. The number of fused-ring (bicyclic) bond motifs is 1. The lowest BCUT2D eigenvalue weighted by atomic mass is 10.00. The van der Waals surface area contributed by atoms with Crippen LogP contribution in [0.5, 0.6) is 0 Å². The van der Waals surface area contributed by atoms with Gasteiger partial charge in [0.15, 0.2) is 11.5 Å². The number of benzene rings is 2. The molecule has 4 aromatic rings. The quantitative estimate of drug-likeness (QED) is 0.409. The third kappa shape index (κ3) is 4.58. The van der Waals surface area contributed by atoms with Gasteiger partial charge in [0.2, 0.25) is 0 Å². The Kier molecular flexibility index (Phi) is 6.85. The van der Waals surface area contributed by atoms with Crippen molar-refractivity contribution in [2.24, 2.45) is 0 Å². The van der Waals surface area contributed by atoms with Crippen LogP contribution in [0, 0.1) is 0 Å². The summed E-state index contributed by atoms with van der Waals surface area (Å²) < 4.78 is 1.78. The maximum Gasteiger partial charge on any atom is 0.178 e. The third-order valence-corrected chi connectivity index (χ3v) is 4.78. The molecular formula is C22H23Cl2N5. The summed E-state index contributed by atoms with van der Waals surface area (Å²) in [5, 5.41) is 14.8. The molecule has 0 N–H and O–H groups in total. The minimum Gasteiger partial charge on any atom is -0.302 e. The Hall–Kier alpha value is -2.47. The first-order valence-corrected chi connectivity index (χ1v) is 10.2. The van der Waals surface area contributed by atoms with Gasteiger partial charge in [0.1, 0.15) is 5.69 Å². The van der Waals surface area contributed by atoms with E-state index >= 15 is 0 Å². The maximum absolute atomic E-state index is 6.48. The number of hydrogen-bond acceptors (Lipinski definition) is 4. The molecule has 2 heterocycles. The van der Waals surface area contributed by atoms with Crippen LogP contribution in [0.15, 0.2) is 54.6 Å². The lowest BCUT2D eigenvalue weighted by Gasteiger charge is -2.13. The zero-order valence-electron chi connectivity index (χ0n) is 16.9. The van der Waals surface area contributed by atoms with Crippen molar-refractivity contribution in [3.8, 4) is 22.4 Å². The molecule has 0 atom stereocenters. The third-order valence-electron chi connectivity index (χ3n) is 4.20. The average Bonchev–Trinajstić information content (AvgIpc) is 3.11. The largest absolute Gasteiger partial charge is 0.302 e. The van der Waals surface area contributed by atoms with Gasteiger partial charge in [-0.05, 0) is 43.9 Å². The van der Waals surface area contributed by atoms with Gasteiger partial charge in [-0.1, -0.05) is 67.4 Å². The van der Waals surface area contributed by atoms with Gasteiger partial charge in [0.05, 0.1) is 11.6 Å². The smallest absolute Gasteiger partial charge is 0.178 e. The summed E-state index contributed by atoms with van der Waals surface area (Å²) in [6.07, 6.45) is 0. The zero-order chi connectivity index (χ0) is 21.0. The summed E-state index contributed by atoms with van der Waals surface area (Å²) in [6.45, 7) is 4.64. The molecule has 150 valence electrons. The van der Waals surface area contributed by atoms with E-state index in [9.17, 15) is 0 Å². The van der Waals surface area contributed by atoms with Gasteiger partial charge in [-0.3, -0.25) is 0 Å². The molecule has 0 amide bonds. The van der Waals surface area contributed by atoms with Gasteiger partial charge < -0.3 is 4.90 Å². The van der Waals surface area contributed by atoms with E-state index in [0.717, 1.165) is 28.2 Å². The van der Waals surface area contributed by atoms with Crippen molar-refractivity contribution in [2.45, 2.75) is 20.4 Å². The Morgan fingerprint density at radius 2 is 1.59 bits per heavy atom. The van der Waals surface area contributed by atoms with Crippen molar-refractivity contribution in [3.63, 3.8) is 0 Å². The van der Waals surface area contributed by atoms with E-state index in [1.54, 1.807) is 4.52 Å². The number of hydrogen-bond donors (Lipinski definition) is 0. The van der Waals surface area contributed by atoms with E-state index in [2.05, 4.69) is 10.2 Å². The molecule has 0 aliphatic rings. The second-order valence-electron chi connectivity index (χ2n) is 6.52. The van der Waals surface area contributed by atoms with Gasteiger partial charge in [-0.2, -0.15) is 9.61 Å². The predicted molar refractivity (Wildman–Crippen MR) is 120 cm³/mol. The SMILES string of the molecule is CC.CN(C)Cc1nnc2cc(-c3ccc(Cl)cc3)c(-c3ccccc3Cl)nn12. The Bertz CT molecular complexity index is 1100. The summed E-state index contributed by atoms with van der Waals surface area (Å²) >= 11 is 12.5. The lowest BCUT2D eigenvalue weighted by Crippen LogP contribution is -2.14. The second-order valence-corrected chi connectivity index (χ2v) is 7.36. The van der Waals surface area contributed by atoms with Crippen molar-refractivity contribution in [2.75, 3.05) is 14.1 Å². The molecule has 2 aromatic heterocycles. The molecule has 0 spiro atoms. The maximum atomic E-state index is 6.48. The average molecular weight is 428 g/mol. The van der Waals surface area contributed by atoms with Gasteiger partial charge in [0.25, 0.3) is 0 Å². The monoisotopic (exact) mass is 427 g/mol. The van der Waals surface area contributed by atoms with Gasteiger partial charge in [-0.15, -0.1) is 10.2 Å². The molecule has 0 unspecified atom stereocenters. The first kappa shape index (κ1) is 21.2. The Balaban J connectivity index is 0.00000117. The van der Waals surface area contributed by atoms with E-state index in [1.807, 2.05) is 87.4 Å². The van der Waals surface area contributed by atoms with Crippen LogP contribution in [-0.2, 0) is 6.54 Å². The standard InChI is InChI=1S/C20H17Cl2N5.C2H6/c1-26(2)12-19-24-23-18-11-16(13-7-9-14(21)10-8-13)20(25-27(18)19)15-5-3-4-6-17(15)22;1-2/h3-11H,12H2,1-2H3;1-2H3. The molecule has 0 saturated heterocycles. The van der Waals surface area contributed by atoms with Crippen LogP contribution in [0.4, 0.5) is 0 Å². The Labute approximate surface area is 180 Å². The fourth-order valence-corrected chi connectivity index (χ4v) is 3.31. The second kappa shape index (κ2) is 9.35. The highest BCUT2D eigenvalue weighted by Gasteiger charge is 2.17. The van der Waals surface area contributed by atoms with Gasteiger partial charge in [-0.25, -0.2) is 0 Å². The summed E-state index contributed by atoms with van der Waals surface area (Å²) in [6, 6.07) is 17.3. The number of aromatic nitrogens is 4. The molecule has 0 aliphatic carbocycles. The number of rotatable bonds is 4. The summed E-state index contributed by atoms with van der Waals surface area (Å²) in [5.74, 6) is 0.769. The molecule has 2 aromatic carbocycles. The van der Waals surface area contributed by atoms with Crippen LogP contribution in [0.2, 0.25) is 10.0 Å². The summed E-state index contributed by atoms with van der Waals surface area (Å²) in [7, 11) is 3.97. The van der Waals surface area contributed by atoms with Crippen LogP contribution in [-0.4, -0.2) is 38.8 Å². The number of nitrogens with zero attached hydrogens (tertiary/aromatic N) is 5. The van der Waals surface area contributed by atoms with E-state index in [4.69, 9.17) is 28.3 Å². The first-order valence-electron chi connectivity index (χ1n) is 9.44. The fraction of sp³-hybridized carbons (Fsp3) is 0.227. The highest BCUT2D eigenvalue weighted by molar-refractivity contribution is 6.33. The first-order chi connectivity index (χ1) is 14.0. The van der Waals surface area contributed by atoms with Crippen LogP contribution < -0.4 is 0 Å². The Morgan fingerprint density at radius 3 is 2.24 bits per heavy atom. The van der Waals surface area contributed by atoms with Gasteiger partial charge in [0, 0.05) is 16.1 Å². The van der Waals surface area contributed by atoms with Crippen LogP contribution in [0.25, 0.3) is 28.0 Å². The minimum absolute atomic E-state index is 0.635. The molecule has 5 nitrogen and oxygen atoms in total. The minimum atomic E-state index is 0.635. The molecule has 7 heteroatoms. The highest BCUT2D eigenvalue weighted by Crippen LogP contribution is 2.35. The number of halogens is 2. The van der Waals surface area contributed by atoms with Crippen LogP contribution in [0.1, 0.15) is 19.7 Å². The van der Waals surface area contributed by atoms with E-state index < -0.39 is 0 Å². The molecule has 0 aliphatic heterocycles. The highest BCUT2D eigenvalue weighted by atomic mass is 35.5. The van der Waals surface area contributed by atoms with Crippen molar-refractivity contribution in [1.29, 1.82) is 0 Å². The van der Waals surface area contributed by atoms with Crippen molar-refractivity contribution in [3.05, 3.63) is 70.5 Å². The van der Waals surface area contributed by atoms with Crippen molar-refractivity contribution in [1.82, 2.24) is 24.7 Å². The van der Waals surface area contributed by atoms with Crippen LogP contribution in [0.3, 0.4) is 0 Å². The van der Waals surface area contributed by atoms with Crippen molar-refractivity contribution < 1.29 is 0 Å². The Morgan fingerprint density at radius 1 is 0.897 bits per heavy atom. The predicted octanol–water partition coefficient (Wildman–Crippen LogP) is 5.85. The molecule has 0 bridgehead atoms. The molecule has 29 heavy (non-hydrogen) atoms. The van der Waals surface area contributed by atoms with E-state index in [-0.39, 0.29) is 0 Å². The molecule has 0 saturated carbocycles. The molecule has 0 radical (unpaired) electrons. The molecular weight excluding hydrogens is 405 g/mol. The van der Waals surface area contributed by atoms with Crippen molar-refractivity contribution >= 4 is 28.8 Å². The lowest BCUT2D eigenvalue weighted by molar-refractivity contribution is 0.386. The fourth-order valence-electron chi connectivity index (χ4n) is 2.96. The normalized spacial score (nSPS) is 10.9. The van der Waals surface area contributed by atoms with E-state index in [1.165, 1.54) is 0 Å². The molecule has 0 fully saturated rings. The topological polar surface area (TPSA) is 46.3 Å².